The number of nitrogens with one attached hydrogen (secondary N) is 2. The fourth-order valence-corrected chi connectivity index (χ4v) is 2.38. The number of piperidine rings is 1. The van der Waals surface area contributed by atoms with E-state index in [-0.39, 0.29) is 17.7 Å². The summed E-state index contributed by atoms with van der Waals surface area (Å²) in [6, 6.07) is 5.13. The zero-order chi connectivity index (χ0) is 15.2. The molecule has 0 saturated carbocycles. The van der Waals surface area contributed by atoms with E-state index in [4.69, 9.17) is 27.9 Å². The molecule has 1 saturated heterocycles. The van der Waals surface area contributed by atoms with Crippen LogP contribution in [-0.2, 0) is 9.59 Å². The number of hydrogen-bond donors (Lipinski definition) is 2. The number of hydrogen-bond acceptors (Lipinski definition) is 3. The van der Waals surface area contributed by atoms with E-state index in [9.17, 15) is 9.59 Å². The number of amides is 2. The summed E-state index contributed by atoms with van der Waals surface area (Å²) in [5.41, 5.74) is 0. The first-order valence-corrected chi connectivity index (χ1v) is 7.44. The predicted octanol–water partition coefficient (Wildman–Crippen LogP) is 2.01. The highest BCUT2D eigenvalue weighted by Crippen LogP contribution is 2.31. The van der Waals surface area contributed by atoms with Crippen molar-refractivity contribution in [2.75, 3.05) is 19.7 Å². The largest absolute Gasteiger partial charge is 0.490 e. The number of rotatable bonds is 5. The van der Waals surface area contributed by atoms with E-state index in [1.165, 1.54) is 0 Å². The van der Waals surface area contributed by atoms with E-state index in [1.54, 1.807) is 18.2 Å². The average Bonchev–Trinajstić information content (AvgIpc) is 2.48. The van der Waals surface area contributed by atoms with Gasteiger partial charge in [0.25, 0.3) is 0 Å². The highest BCUT2D eigenvalue weighted by Gasteiger charge is 2.23. The van der Waals surface area contributed by atoms with Crippen molar-refractivity contribution in [1.29, 1.82) is 0 Å². The van der Waals surface area contributed by atoms with Gasteiger partial charge in [-0.05, 0) is 18.6 Å². The quantitative estimate of drug-likeness (QED) is 0.811. The van der Waals surface area contributed by atoms with Crippen LogP contribution in [0.3, 0.4) is 0 Å². The Kier molecular flexibility index (Phi) is 5.70. The van der Waals surface area contributed by atoms with E-state index in [0.717, 1.165) is 0 Å². The van der Waals surface area contributed by atoms with Gasteiger partial charge in [0.15, 0.2) is 0 Å². The molecule has 0 bridgehead atoms. The molecule has 0 spiro atoms. The van der Waals surface area contributed by atoms with Crippen LogP contribution in [0.2, 0.25) is 10.0 Å². The van der Waals surface area contributed by atoms with Crippen LogP contribution in [-0.4, -0.2) is 31.5 Å². The number of halogens is 2. The third-order valence-electron chi connectivity index (χ3n) is 3.21. The topological polar surface area (TPSA) is 67.4 Å². The Bertz CT molecular complexity index is 527. The van der Waals surface area contributed by atoms with E-state index >= 15 is 0 Å². The summed E-state index contributed by atoms with van der Waals surface area (Å²) < 4.78 is 5.47. The molecule has 2 N–H and O–H groups in total. The Morgan fingerprint density at radius 2 is 2.24 bits per heavy atom. The summed E-state index contributed by atoms with van der Waals surface area (Å²) in [6.45, 7) is 1.06. The molecule has 1 heterocycles. The van der Waals surface area contributed by atoms with Gasteiger partial charge >= 0.3 is 0 Å². The van der Waals surface area contributed by atoms with Crippen molar-refractivity contribution in [3.05, 3.63) is 28.2 Å². The Hall–Kier alpha value is -1.46. The second-order valence-corrected chi connectivity index (χ2v) is 5.52. The highest BCUT2D eigenvalue weighted by atomic mass is 35.5. The van der Waals surface area contributed by atoms with Gasteiger partial charge in [-0.25, -0.2) is 0 Å². The van der Waals surface area contributed by atoms with E-state index in [1.807, 2.05) is 0 Å². The minimum Gasteiger partial charge on any atom is -0.490 e. The van der Waals surface area contributed by atoms with Gasteiger partial charge in [0.05, 0.1) is 17.5 Å². The van der Waals surface area contributed by atoms with Crippen LogP contribution >= 0.6 is 23.2 Å². The van der Waals surface area contributed by atoms with Crippen LogP contribution < -0.4 is 15.4 Å². The van der Waals surface area contributed by atoms with Gasteiger partial charge in [0.2, 0.25) is 11.8 Å². The molecule has 1 fully saturated rings. The van der Waals surface area contributed by atoms with Crippen LogP contribution in [0.25, 0.3) is 0 Å². The molecule has 1 aromatic carbocycles. The minimum atomic E-state index is -0.169. The highest BCUT2D eigenvalue weighted by molar-refractivity contribution is 6.42. The van der Waals surface area contributed by atoms with Crippen molar-refractivity contribution in [2.45, 2.75) is 12.8 Å². The number of ether oxygens (including phenoxy) is 1. The van der Waals surface area contributed by atoms with Crippen molar-refractivity contribution < 1.29 is 14.3 Å². The van der Waals surface area contributed by atoms with Crippen LogP contribution in [0.5, 0.6) is 5.75 Å². The molecule has 1 atom stereocenters. The first-order chi connectivity index (χ1) is 10.1. The maximum Gasteiger partial charge on any atom is 0.225 e. The Balaban J connectivity index is 1.71. The molecule has 2 amide bonds. The van der Waals surface area contributed by atoms with Gasteiger partial charge < -0.3 is 15.4 Å². The number of benzene rings is 1. The number of carbonyl (C=O) groups is 2. The molecular weight excluding hydrogens is 315 g/mol. The first-order valence-electron chi connectivity index (χ1n) is 6.69. The van der Waals surface area contributed by atoms with Crippen molar-refractivity contribution in [3.8, 4) is 5.75 Å². The molecule has 5 nitrogen and oxygen atoms in total. The predicted molar refractivity (Wildman–Crippen MR) is 80.7 cm³/mol. The molecule has 114 valence electrons. The van der Waals surface area contributed by atoms with Crippen molar-refractivity contribution in [2.24, 2.45) is 5.92 Å². The summed E-state index contributed by atoms with van der Waals surface area (Å²) in [4.78, 5) is 22.9. The fraction of sp³-hybridized carbons (Fsp3) is 0.429. The first kappa shape index (κ1) is 15.9. The Labute approximate surface area is 132 Å². The molecule has 7 heteroatoms. The Morgan fingerprint density at radius 3 is 2.95 bits per heavy atom. The zero-order valence-electron chi connectivity index (χ0n) is 11.3. The molecule has 0 aromatic heterocycles. The lowest BCUT2D eigenvalue weighted by molar-refractivity contribution is -0.129. The normalized spacial score (nSPS) is 18.0. The van der Waals surface area contributed by atoms with Gasteiger partial charge in [-0.3, -0.25) is 9.59 Å². The molecule has 1 aliphatic heterocycles. The average molecular weight is 331 g/mol. The molecule has 0 aliphatic carbocycles. The molecule has 1 aromatic rings. The van der Waals surface area contributed by atoms with Gasteiger partial charge in [-0.2, -0.15) is 0 Å². The smallest absolute Gasteiger partial charge is 0.225 e. The van der Waals surface area contributed by atoms with Gasteiger partial charge in [0, 0.05) is 13.0 Å². The second kappa shape index (κ2) is 7.52. The molecule has 0 unspecified atom stereocenters. The monoisotopic (exact) mass is 330 g/mol. The summed E-state index contributed by atoms with van der Waals surface area (Å²) in [5, 5.41) is 6.25. The number of carbonyl (C=O) groups excluding carboxylic acids is 2. The maximum atomic E-state index is 11.9. The van der Waals surface area contributed by atoms with E-state index in [2.05, 4.69) is 10.6 Å². The van der Waals surface area contributed by atoms with E-state index < -0.39 is 0 Å². The lowest BCUT2D eigenvalue weighted by Gasteiger charge is -2.21. The van der Waals surface area contributed by atoms with Crippen molar-refractivity contribution in [1.82, 2.24) is 10.6 Å². The molecule has 0 radical (unpaired) electrons. The van der Waals surface area contributed by atoms with Crippen LogP contribution in [0.15, 0.2) is 18.2 Å². The lowest BCUT2D eigenvalue weighted by atomic mass is 9.98. The minimum absolute atomic E-state index is 0.00187. The van der Waals surface area contributed by atoms with Crippen molar-refractivity contribution >= 4 is 35.0 Å². The molecular formula is C14H16Cl2N2O3. The summed E-state index contributed by atoms with van der Waals surface area (Å²) in [5.74, 6) is 0.245. The van der Waals surface area contributed by atoms with Crippen LogP contribution in [0, 0.1) is 5.92 Å². The lowest BCUT2D eigenvalue weighted by Crippen LogP contribution is -2.43. The molecule has 21 heavy (non-hydrogen) atoms. The Morgan fingerprint density at radius 1 is 1.43 bits per heavy atom. The third kappa shape index (κ3) is 4.51. The van der Waals surface area contributed by atoms with Gasteiger partial charge in [-0.15, -0.1) is 0 Å². The summed E-state index contributed by atoms with van der Waals surface area (Å²) >= 11 is 11.9. The standard InChI is InChI=1S/C14H16Cl2N2O3/c15-10-2-1-3-11(13(10)16)21-7-6-17-14(20)9-4-5-12(19)18-8-9/h1-3,9H,4-8H2,(H,17,20)(H,18,19)/t9-/m1/s1. The maximum absolute atomic E-state index is 11.9. The fourth-order valence-electron chi connectivity index (χ4n) is 2.03. The van der Waals surface area contributed by atoms with Gasteiger partial charge in [0.1, 0.15) is 17.4 Å². The SMILES string of the molecule is O=C1CC[C@@H](C(=O)NCCOc2cccc(Cl)c2Cl)CN1. The summed E-state index contributed by atoms with van der Waals surface area (Å²) in [7, 11) is 0. The second-order valence-electron chi connectivity index (χ2n) is 4.73. The van der Waals surface area contributed by atoms with Crippen LogP contribution in [0.4, 0.5) is 0 Å². The third-order valence-corrected chi connectivity index (χ3v) is 4.01. The zero-order valence-corrected chi connectivity index (χ0v) is 12.8. The van der Waals surface area contributed by atoms with Crippen LogP contribution in [0.1, 0.15) is 12.8 Å². The molecule has 1 aliphatic rings. The summed E-state index contributed by atoms with van der Waals surface area (Å²) in [6.07, 6.45) is 0.978. The molecule has 2 rings (SSSR count). The van der Waals surface area contributed by atoms with Crippen molar-refractivity contribution in [3.63, 3.8) is 0 Å². The van der Waals surface area contributed by atoms with Gasteiger partial charge in [-0.1, -0.05) is 29.3 Å². The van der Waals surface area contributed by atoms with E-state index in [0.29, 0.717) is 48.3 Å².